The standard InChI is InChI=1S/C14H14N2O5/c1-7-15-11-9(14(17)16-7)4-10(12-13(11)20-6-19-12)21-8-2-3-18-5-8/h4,8H,2-3,5-6H2,1H3,(H,15,16,17)/t8-/m0/s1. The Morgan fingerprint density at radius 3 is 3.05 bits per heavy atom. The van der Waals surface area contributed by atoms with Gasteiger partial charge in [0.15, 0.2) is 11.5 Å². The largest absolute Gasteiger partial charge is 0.484 e. The van der Waals surface area contributed by atoms with Gasteiger partial charge in [0.05, 0.1) is 18.6 Å². The summed E-state index contributed by atoms with van der Waals surface area (Å²) in [5.41, 5.74) is 0.280. The molecule has 0 saturated carbocycles. The van der Waals surface area contributed by atoms with Crippen molar-refractivity contribution in [1.29, 1.82) is 0 Å². The van der Waals surface area contributed by atoms with Gasteiger partial charge in [0.2, 0.25) is 12.5 Å². The minimum atomic E-state index is -0.219. The van der Waals surface area contributed by atoms with E-state index in [1.807, 2.05) is 0 Å². The van der Waals surface area contributed by atoms with E-state index in [1.54, 1.807) is 13.0 Å². The van der Waals surface area contributed by atoms with E-state index in [0.29, 0.717) is 47.2 Å². The van der Waals surface area contributed by atoms with E-state index in [0.717, 1.165) is 6.42 Å². The van der Waals surface area contributed by atoms with Gasteiger partial charge < -0.3 is 23.9 Å². The van der Waals surface area contributed by atoms with E-state index in [9.17, 15) is 4.79 Å². The number of nitrogens with one attached hydrogen (secondary N) is 1. The predicted molar refractivity (Wildman–Crippen MR) is 73.1 cm³/mol. The third-order valence-electron chi connectivity index (χ3n) is 3.58. The normalized spacial score (nSPS) is 20.1. The molecule has 7 nitrogen and oxygen atoms in total. The molecule has 2 aliphatic heterocycles. The Kier molecular flexibility index (Phi) is 2.75. The Bertz CT molecular complexity index is 764. The highest BCUT2D eigenvalue weighted by atomic mass is 16.7. The number of aromatic amines is 1. The number of hydrogen-bond donors (Lipinski definition) is 1. The molecule has 0 radical (unpaired) electrons. The SMILES string of the molecule is Cc1nc2c3c(c(O[C@H]4CCOC4)cc2c(=O)[nH]1)OCO3. The van der Waals surface area contributed by atoms with Crippen LogP contribution in [-0.4, -0.2) is 36.1 Å². The third kappa shape index (κ3) is 2.01. The lowest BCUT2D eigenvalue weighted by Gasteiger charge is -2.14. The van der Waals surface area contributed by atoms with Gasteiger partial charge in [-0.05, 0) is 13.0 Å². The second-order valence-electron chi connectivity index (χ2n) is 5.09. The highest BCUT2D eigenvalue weighted by molar-refractivity contribution is 5.89. The Morgan fingerprint density at radius 1 is 1.38 bits per heavy atom. The first-order valence-electron chi connectivity index (χ1n) is 6.80. The topological polar surface area (TPSA) is 82.7 Å². The summed E-state index contributed by atoms with van der Waals surface area (Å²) < 4.78 is 22.2. The van der Waals surface area contributed by atoms with Crippen molar-refractivity contribution in [2.24, 2.45) is 0 Å². The Balaban J connectivity index is 1.89. The number of fused-ring (bicyclic) bond motifs is 3. The molecule has 1 saturated heterocycles. The van der Waals surface area contributed by atoms with Crippen LogP contribution in [0.1, 0.15) is 12.2 Å². The molecule has 1 aromatic carbocycles. The molecule has 4 rings (SSSR count). The van der Waals surface area contributed by atoms with E-state index in [1.165, 1.54) is 0 Å². The molecule has 1 N–H and O–H groups in total. The van der Waals surface area contributed by atoms with Gasteiger partial charge in [0, 0.05) is 6.42 Å². The lowest BCUT2D eigenvalue weighted by Crippen LogP contribution is -2.16. The molecule has 0 amide bonds. The molecule has 0 spiro atoms. The van der Waals surface area contributed by atoms with Crippen molar-refractivity contribution in [3.63, 3.8) is 0 Å². The number of hydrogen-bond acceptors (Lipinski definition) is 6. The quantitative estimate of drug-likeness (QED) is 0.892. The van der Waals surface area contributed by atoms with Gasteiger partial charge in [0.25, 0.3) is 5.56 Å². The number of rotatable bonds is 2. The summed E-state index contributed by atoms with van der Waals surface area (Å²) in [6, 6.07) is 1.66. The van der Waals surface area contributed by atoms with Crippen molar-refractivity contribution in [1.82, 2.24) is 9.97 Å². The van der Waals surface area contributed by atoms with Crippen LogP contribution in [0, 0.1) is 6.92 Å². The molecule has 1 aromatic heterocycles. The number of ether oxygens (including phenoxy) is 4. The second kappa shape index (κ2) is 4.63. The van der Waals surface area contributed by atoms with E-state index >= 15 is 0 Å². The monoisotopic (exact) mass is 290 g/mol. The maximum atomic E-state index is 12.1. The van der Waals surface area contributed by atoms with Crippen molar-refractivity contribution < 1.29 is 18.9 Å². The summed E-state index contributed by atoms with van der Waals surface area (Å²) in [5.74, 6) is 2.01. The van der Waals surface area contributed by atoms with Gasteiger partial charge in [-0.1, -0.05) is 0 Å². The molecular weight excluding hydrogens is 276 g/mol. The number of aryl methyl sites for hydroxylation is 1. The van der Waals surface area contributed by atoms with E-state index in [-0.39, 0.29) is 18.5 Å². The van der Waals surface area contributed by atoms with Crippen LogP contribution >= 0.6 is 0 Å². The smallest absolute Gasteiger partial charge is 0.259 e. The van der Waals surface area contributed by atoms with Crippen molar-refractivity contribution >= 4 is 10.9 Å². The van der Waals surface area contributed by atoms with Crippen LogP contribution in [0.3, 0.4) is 0 Å². The second-order valence-corrected chi connectivity index (χ2v) is 5.09. The highest BCUT2D eigenvalue weighted by Crippen LogP contribution is 2.45. The van der Waals surface area contributed by atoms with Crippen LogP contribution in [0.25, 0.3) is 10.9 Å². The first kappa shape index (κ1) is 12.5. The molecule has 0 unspecified atom stereocenters. The molecular formula is C14H14N2O5. The van der Waals surface area contributed by atoms with Gasteiger partial charge in [-0.2, -0.15) is 0 Å². The van der Waals surface area contributed by atoms with Crippen LogP contribution in [-0.2, 0) is 4.74 Å². The maximum Gasteiger partial charge on any atom is 0.259 e. The number of aromatic nitrogens is 2. The van der Waals surface area contributed by atoms with Crippen LogP contribution in [0.15, 0.2) is 10.9 Å². The average Bonchev–Trinajstić information content (AvgIpc) is 3.10. The maximum absolute atomic E-state index is 12.1. The zero-order valence-electron chi connectivity index (χ0n) is 11.5. The molecule has 1 fully saturated rings. The fraction of sp³-hybridized carbons (Fsp3) is 0.429. The van der Waals surface area contributed by atoms with E-state index in [2.05, 4.69) is 9.97 Å². The zero-order valence-corrected chi connectivity index (χ0v) is 11.5. The van der Waals surface area contributed by atoms with Gasteiger partial charge in [-0.15, -0.1) is 0 Å². The molecule has 1 atom stereocenters. The fourth-order valence-electron chi connectivity index (χ4n) is 2.61. The highest BCUT2D eigenvalue weighted by Gasteiger charge is 2.27. The van der Waals surface area contributed by atoms with Gasteiger partial charge in [-0.25, -0.2) is 4.98 Å². The van der Waals surface area contributed by atoms with Crippen LogP contribution in [0.2, 0.25) is 0 Å². The molecule has 0 bridgehead atoms. The first-order chi connectivity index (χ1) is 10.2. The Morgan fingerprint density at radius 2 is 2.24 bits per heavy atom. The fourth-order valence-corrected chi connectivity index (χ4v) is 2.61. The van der Waals surface area contributed by atoms with Crippen molar-refractivity contribution in [2.75, 3.05) is 20.0 Å². The number of nitrogens with zero attached hydrogens (tertiary/aromatic N) is 1. The number of H-pyrrole nitrogens is 1. The lowest BCUT2D eigenvalue weighted by molar-refractivity contribution is 0.134. The number of benzene rings is 1. The van der Waals surface area contributed by atoms with Crippen molar-refractivity contribution in [3.05, 3.63) is 22.2 Å². The van der Waals surface area contributed by atoms with E-state index in [4.69, 9.17) is 18.9 Å². The van der Waals surface area contributed by atoms with Gasteiger partial charge in [0.1, 0.15) is 17.4 Å². The molecule has 3 heterocycles. The molecule has 110 valence electrons. The molecule has 2 aliphatic rings. The zero-order chi connectivity index (χ0) is 14.4. The van der Waals surface area contributed by atoms with Crippen LogP contribution in [0.5, 0.6) is 17.2 Å². The summed E-state index contributed by atoms with van der Waals surface area (Å²) in [5, 5.41) is 0.429. The minimum absolute atomic E-state index is 0.0340. The first-order valence-corrected chi connectivity index (χ1v) is 6.80. The van der Waals surface area contributed by atoms with Crippen LogP contribution < -0.4 is 19.8 Å². The minimum Gasteiger partial charge on any atom is -0.484 e. The molecule has 2 aromatic rings. The summed E-state index contributed by atoms with van der Waals surface area (Å²) in [6.45, 7) is 3.04. The molecule has 0 aliphatic carbocycles. The van der Waals surface area contributed by atoms with Crippen molar-refractivity contribution in [2.45, 2.75) is 19.4 Å². The van der Waals surface area contributed by atoms with E-state index < -0.39 is 0 Å². The lowest BCUT2D eigenvalue weighted by atomic mass is 10.2. The Labute approximate surface area is 119 Å². The molecule has 7 heteroatoms. The summed E-state index contributed by atoms with van der Waals surface area (Å²) >= 11 is 0. The molecule has 21 heavy (non-hydrogen) atoms. The summed E-state index contributed by atoms with van der Waals surface area (Å²) in [7, 11) is 0. The average molecular weight is 290 g/mol. The summed E-state index contributed by atoms with van der Waals surface area (Å²) in [6.07, 6.45) is 0.782. The van der Waals surface area contributed by atoms with Gasteiger partial charge >= 0.3 is 0 Å². The van der Waals surface area contributed by atoms with Crippen LogP contribution in [0.4, 0.5) is 0 Å². The summed E-state index contributed by atoms with van der Waals surface area (Å²) in [4.78, 5) is 19.1. The predicted octanol–water partition coefficient (Wildman–Crippen LogP) is 1.13. The third-order valence-corrected chi connectivity index (χ3v) is 3.58. The van der Waals surface area contributed by atoms with Gasteiger partial charge in [-0.3, -0.25) is 4.79 Å². The van der Waals surface area contributed by atoms with Crippen molar-refractivity contribution in [3.8, 4) is 17.2 Å². The Hall–Kier alpha value is -2.28.